The minimum atomic E-state index is -0.728. The first kappa shape index (κ1) is 26.3. The summed E-state index contributed by atoms with van der Waals surface area (Å²) in [6.07, 6.45) is 9.66. The van der Waals surface area contributed by atoms with Crippen molar-refractivity contribution in [1.29, 1.82) is 0 Å². The zero-order valence-electron chi connectivity index (χ0n) is 21.5. The highest BCUT2D eigenvalue weighted by atomic mass is 32.1. The lowest BCUT2D eigenvalue weighted by molar-refractivity contribution is -0.944. The maximum absolute atomic E-state index is 12.9. The number of esters is 1. The fourth-order valence-electron chi connectivity index (χ4n) is 4.72. The number of quaternary nitrogens is 1. The van der Waals surface area contributed by atoms with Gasteiger partial charge in [0, 0.05) is 42.4 Å². The number of likely N-dealkylation sites (N-methyl/N-ethyl adjacent to an activating group) is 1. The lowest BCUT2D eigenvalue weighted by atomic mass is 10.0. The number of unbranched alkanes of at least 4 members (excludes halogenated alkanes) is 3. The molecule has 1 aliphatic rings. The topological polar surface area (TPSA) is 103 Å². The molecule has 36 heavy (non-hydrogen) atoms. The molecule has 0 radical (unpaired) electrons. The standard InChI is InChI=1S/C27H38N5O3S/c1-4-5-6-9-15-34-26-25(30-36-31-26)20-11-10-14-32(3,18-20)19(2)35-27(33)23(28)16-21-17-29-24-13-8-7-12-22(21)24/h7-8,11-13,17,19,23,29H,4-6,9-10,14-16,18,28H2,1-3H3/q+1/t19?,23-,32?/m0/s1. The zero-order chi connectivity index (χ0) is 25.5. The lowest BCUT2D eigenvalue weighted by Crippen LogP contribution is -2.56. The smallest absolute Gasteiger partial charge is 0.327 e. The van der Waals surface area contributed by atoms with Crippen molar-refractivity contribution in [2.75, 3.05) is 26.7 Å². The van der Waals surface area contributed by atoms with Crippen LogP contribution in [0, 0.1) is 0 Å². The van der Waals surface area contributed by atoms with Crippen LogP contribution in [0.2, 0.25) is 0 Å². The number of aromatic amines is 1. The molecule has 0 saturated carbocycles. The Hall–Kier alpha value is -2.75. The van der Waals surface area contributed by atoms with Gasteiger partial charge in [-0.15, -0.1) is 4.37 Å². The average molecular weight is 513 g/mol. The van der Waals surface area contributed by atoms with E-state index in [2.05, 4.69) is 33.8 Å². The number of benzene rings is 1. The van der Waals surface area contributed by atoms with Gasteiger partial charge in [-0.2, -0.15) is 4.37 Å². The summed E-state index contributed by atoms with van der Waals surface area (Å²) in [6.45, 7) is 6.35. The number of H-pyrrole nitrogens is 1. The average Bonchev–Trinajstić information content (AvgIpc) is 3.51. The second-order valence-electron chi connectivity index (χ2n) is 9.91. The fourth-order valence-corrected chi connectivity index (χ4v) is 5.25. The van der Waals surface area contributed by atoms with Gasteiger partial charge in [-0.05, 0) is 18.1 Å². The van der Waals surface area contributed by atoms with Crippen molar-refractivity contribution in [2.45, 2.75) is 64.6 Å². The van der Waals surface area contributed by atoms with Crippen LogP contribution in [0.25, 0.3) is 16.5 Å². The molecule has 0 saturated heterocycles. The largest absolute Gasteiger partial charge is 0.475 e. The van der Waals surface area contributed by atoms with Gasteiger partial charge in [-0.1, -0.05) is 50.5 Å². The van der Waals surface area contributed by atoms with Crippen molar-refractivity contribution in [3.63, 3.8) is 0 Å². The number of rotatable bonds is 12. The van der Waals surface area contributed by atoms with E-state index >= 15 is 0 Å². The number of carbonyl (C=O) groups excluding carboxylic acids is 1. The van der Waals surface area contributed by atoms with E-state index in [1.807, 2.05) is 37.4 Å². The molecule has 1 aromatic carbocycles. The number of hydrogen-bond acceptors (Lipinski definition) is 7. The van der Waals surface area contributed by atoms with Gasteiger partial charge in [0.25, 0.3) is 5.88 Å². The Morgan fingerprint density at radius 2 is 2.08 bits per heavy atom. The molecule has 0 spiro atoms. The number of para-hydroxylation sites is 1. The molecule has 3 heterocycles. The molecular formula is C27H38N5O3S+. The number of ether oxygens (including phenoxy) is 2. The molecule has 3 atom stereocenters. The van der Waals surface area contributed by atoms with Crippen molar-refractivity contribution in [3.05, 3.63) is 47.8 Å². The van der Waals surface area contributed by atoms with Crippen molar-refractivity contribution in [3.8, 4) is 5.88 Å². The van der Waals surface area contributed by atoms with Crippen LogP contribution >= 0.6 is 11.7 Å². The molecule has 194 valence electrons. The molecular weight excluding hydrogens is 474 g/mol. The SMILES string of the molecule is CCCCCCOc1nsnc1C1=CCC[N+](C)(C(C)OC(=O)[C@@H](N)Cc2c[nH]c3ccccc23)C1. The Bertz CT molecular complexity index is 1190. The van der Waals surface area contributed by atoms with Crippen LogP contribution in [-0.4, -0.2) is 63.2 Å². The van der Waals surface area contributed by atoms with Crippen LogP contribution < -0.4 is 10.5 Å². The minimum absolute atomic E-state index is 0.347. The normalized spacial score (nSPS) is 19.6. The molecule has 3 N–H and O–H groups in total. The van der Waals surface area contributed by atoms with Gasteiger partial charge in [0.05, 0.1) is 31.9 Å². The highest BCUT2D eigenvalue weighted by Crippen LogP contribution is 2.31. The van der Waals surface area contributed by atoms with E-state index < -0.39 is 6.04 Å². The third-order valence-corrected chi connectivity index (χ3v) is 7.66. The van der Waals surface area contributed by atoms with Crippen molar-refractivity contribution >= 4 is 34.2 Å². The molecule has 0 fully saturated rings. The summed E-state index contributed by atoms with van der Waals surface area (Å²) in [5.74, 6) is 0.233. The third-order valence-electron chi connectivity index (χ3n) is 7.14. The van der Waals surface area contributed by atoms with E-state index in [0.717, 1.165) is 53.5 Å². The summed E-state index contributed by atoms with van der Waals surface area (Å²) in [5.41, 5.74) is 10.2. The number of fused-ring (bicyclic) bond motifs is 1. The van der Waals surface area contributed by atoms with Crippen LogP contribution in [0.3, 0.4) is 0 Å². The summed E-state index contributed by atoms with van der Waals surface area (Å²) in [5, 5.41) is 1.08. The van der Waals surface area contributed by atoms with Gasteiger partial charge < -0.3 is 20.2 Å². The maximum Gasteiger partial charge on any atom is 0.327 e. The highest BCUT2D eigenvalue weighted by Gasteiger charge is 2.37. The Morgan fingerprint density at radius 1 is 1.25 bits per heavy atom. The van der Waals surface area contributed by atoms with E-state index in [4.69, 9.17) is 15.2 Å². The molecule has 2 unspecified atom stereocenters. The van der Waals surface area contributed by atoms with Crippen molar-refractivity contribution in [1.82, 2.24) is 13.7 Å². The second-order valence-corrected chi connectivity index (χ2v) is 10.4. The van der Waals surface area contributed by atoms with Gasteiger partial charge in [0.2, 0.25) is 6.23 Å². The molecule has 4 rings (SSSR count). The molecule has 8 nitrogen and oxygen atoms in total. The van der Waals surface area contributed by atoms with Crippen LogP contribution in [0.15, 0.2) is 36.5 Å². The van der Waals surface area contributed by atoms with E-state index in [0.29, 0.717) is 29.9 Å². The van der Waals surface area contributed by atoms with Gasteiger partial charge in [0.1, 0.15) is 18.3 Å². The molecule has 2 aromatic heterocycles. The quantitative estimate of drug-likeness (QED) is 0.208. The minimum Gasteiger partial charge on any atom is -0.475 e. The van der Waals surface area contributed by atoms with Gasteiger partial charge in [-0.3, -0.25) is 9.28 Å². The number of nitrogens with one attached hydrogen (secondary N) is 1. The van der Waals surface area contributed by atoms with E-state index in [1.54, 1.807) is 0 Å². The third kappa shape index (κ3) is 6.14. The number of nitrogens with zero attached hydrogens (tertiary/aromatic N) is 3. The molecule has 3 aromatic rings. The second kappa shape index (κ2) is 12.0. The Morgan fingerprint density at radius 3 is 2.92 bits per heavy atom. The molecule has 1 aliphatic heterocycles. The molecule has 0 amide bonds. The van der Waals surface area contributed by atoms with E-state index in [9.17, 15) is 4.79 Å². The van der Waals surface area contributed by atoms with Gasteiger partial charge in [0.15, 0.2) is 0 Å². The number of hydrogen-bond donors (Lipinski definition) is 2. The van der Waals surface area contributed by atoms with Crippen molar-refractivity contribution in [2.24, 2.45) is 5.73 Å². The van der Waals surface area contributed by atoms with Crippen LogP contribution in [0.1, 0.15) is 57.2 Å². The maximum atomic E-state index is 12.9. The van der Waals surface area contributed by atoms with Crippen LogP contribution in [0.4, 0.5) is 0 Å². The monoisotopic (exact) mass is 512 g/mol. The van der Waals surface area contributed by atoms with Crippen molar-refractivity contribution < 1.29 is 18.8 Å². The molecule has 0 bridgehead atoms. The van der Waals surface area contributed by atoms with Gasteiger partial charge >= 0.3 is 5.97 Å². The first-order valence-electron chi connectivity index (χ1n) is 12.9. The zero-order valence-corrected chi connectivity index (χ0v) is 22.4. The summed E-state index contributed by atoms with van der Waals surface area (Å²) in [4.78, 5) is 16.2. The highest BCUT2D eigenvalue weighted by molar-refractivity contribution is 6.99. The van der Waals surface area contributed by atoms with Gasteiger partial charge in [-0.25, -0.2) is 0 Å². The summed E-state index contributed by atoms with van der Waals surface area (Å²) < 4.78 is 21.4. The van der Waals surface area contributed by atoms with E-state index in [-0.39, 0.29) is 12.2 Å². The number of nitrogens with two attached hydrogens (primary N) is 1. The first-order valence-corrected chi connectivity index (χ1v) is 13.6. The Labute approximate surface area is 217 Å². The summed E-state index contributed by atoms with van der Waals surface area (Å²) >= 11 is 1.18. The van der Waals surface area contributed by atoms with Crippen LogP contribution in [-0.2, 0) is 16.0 Å². The predicted molar refractivity (Wildman–Crippen MR) is 144 cm³/mol. The van der Waals surface area contributed by atoms with Crippen LogP contribution in [0.5, 0.6) is 5.88 Å². The predicted octanol–water partition coefficient (Wildman–Crippen LogP) is 4.67. The molecule has 9 heteroatoms. The number of carbonyl (C=O) groups is 1. The summed E-state index contributed by atoms with van der Waals surface area (Å²) in [6, 6.07) is 7.28. The molecule has 0 aliphatic carbocycles. The Kier molecular flexibility index (Phi) is 8.77. The van der Waals surface area contributed by atoms with E-state index in [1.165, 1.54) is 24.6 Å². The summed E-state index contributed by atoms with van der Waals surface area (Å²) in [7, 11) is 2.11. The first-order chi connectivity index (χ1) is 17.4. The Balaban J connectivity index is 1.35. The number of aromatic nitrogens is 3. The lowest BCUT2D eigenvalue weighted by Gasteiger charge is -2.41. The fraction of sp³-hybridized carbons (Fsp3) is 0.519.